The van der Waals surface area contributed by atoms with Crippen LogP contribution in [0.5, 0.6) is 0 Å². The Kier molecular flexibility index (Phi) is 2.56. The van der Waals surface area contributed by atoms with Crippen molar-refractivity contribution in [3.05, 3.63) is 22.1 Å². The van der Waals surface area contributed by atoms with Crippen molar-refractivity contribution in [1.82, 2.24) is 4.98 Å². The Morgan fingerprint density at radius 3 is 2.50 bits per heavy atom. The van der Waals surface area contributed by atoms with Crippen LogP contribution in [0.2, 0.25) is 0 Å². The second kappa shape index (κ2) is 3.30. The van der Waals surface area contributed by atoms with E-state index in [0.29, 0.717) is 0 Å². The van der Waals surface area contributed by atoms with E-state index in [9.17, 15) is 13.2 Å². The highest BCUT2D eigenvalue weighted by molar-refractivity contribution is 9.10. The molecule has 0 fully saturated rings. The summed E-state index contributed by atoms with van der Waals surface area (Å²) in [6, 6.07) is 0.845. The van der Waals surface area contributed by atoms with Crippen LogP contribution in [0.3, 0.4) is 0 Å². The van der Waals surface area contributed by atoms with Crippen LogP contribution >= 0.6 is 15.9 Å². The molecule has 0 aliphatic rings. The molecule has 66 valence electrons. The highest BCUT2D eigenvalue weighted by atomic mass is 79.9. The first-order chi connectivity index (χ1) is 5.52. The fourth-order valence-electron chi connectivity index (χ4n) is 0.728. The lowest BCUT2D eigenvalue weighted by atomic mass is 10.3. The third kappa shape index (κ3) is 1.69. The zero-order chi connectivity index (χ0) is 9.30. The molecule has 0 saturated carbocycles. The molecule has 2 nitrogen and oxygen atoms in total. The molecule has 0 radical (unpaired) electrons. The van der Waals surface area contributed by atoms with Gasteiger partial charge >= 0.3 is 0 Å². The van der Waals surface area contributed by atoms with Gasteiger partial charge in [0.15, 0.2) is 0 Å². The first-order valence-electron chi connectivity index (χ1n) is 2.92. The SMILES string of the molecule is Nc1nc(F)cc(Br)c1C(F)F. The Hall–Kier alpha value is -0.780. The predicted molar refractivity (Wildman–Crippen MR) is 41.3 cm³/mol. The van der Waals surface area contributed by atoms with Crippen molar-refractivity contribution >= 4 is 21.7 Å². The summed E-state index contributed by atoms with van der Waals surface area (Å²) in [7, 11) is 0. The number of hydrogen-bond acceptors (Lipinski definition) is 2. The van der Waals surface area contributed by atoms with Gasteiger partial charge in [0, 0.05) is 10.5 Å². The number of nitrogens with zero attached hydrogens (tertiary/aromatic N) is 1. The van der Waals surface area contributed by atoms with E-state index in [1.54, 1.807) is 0 Å². The zero-order valence-electron chi connectivity index (χ0n) is 5.69. The third-order valence-corrected chi connectivity index (χ3v) is 1.88. The number of hydrogen-bond donors (Lipinski definition) is 1. The molecule has 2 N–H and O–H groups in total. The van der Waals surface area contributed by atoms with Crippen LogP contribution in [0.15, 0.2) is 10.5 Å². The van der Waals surface area contributed by atoms with Crippen molar-refractivity contribution in [2.75, 3.05) is 5.73 Å². The fourth-order valence-corrected chi connectivity index (χ4v) is 1.29. The Balaban J connectivity index is 3.28. The molecule has 1 rings (SSSR count). The summed E-state index contributed by atoms with van der Waals surface area (Å²) in [5.41, 5.74) is 4.59. The Morgan fingerprint density at radius 2 is 2.08 bits per heavy atom. The molecule has 0 unspecified atom stereocenters. The summed E-state index contributed by atoms with van der Waals surface area (Å²) in [4.78, 5) is 3.06. The maximum atomic E-state index is 12.4. The lowest BCUT2D eigenvalue weighted by Crippen LogP contribution is -2.01. The minimum absolute atomic E-state index is 0.0671. The number of anilines is 1. The third-order valence-electron chi connectivity index (χ3n) is 1.22. The summed E-state index contributed by atoms with van der Waals surface area (Å²) in [5, 5.41) is 0. The molecule has 0 atom stereocenters. The number of aromatic nitrogens is 1. The summed E-state index contributed by atoms with van der Waals surface area (Å²) >= 11 is 2.76. The molecule has 1 aromatic heterocycles. The van der Waals surface area contributed by atoms with E-state index in [1.165, 1.54) is 0 Å². The van der Waals surface area contributed by atoms with E-state index in [0.717, 1.165) is 6.07 Å². The molecule has 0 aliphatic carbocycles. The van der Waals surface area contributed by atoms with Gasteiger partial charge in [0.2, 0.25) is 5.95 Å². The topological polar surface area (TPSA) is 38.9 Å². The van der Waals surface area contributed by atoms with Crippen LogP contribution in [0.1, 0.15) is 12.0 Å². The Labute approximate surface area is 74.7 Å². The van der Waals surface area contributed by atoms with Crippen LogP contribution < -0.4 is 5.73 Å². The van der Waals surface area contributed by atoms with Crippen LogP contribution in [0.25, 0.3) is 0 Å². The first kappa shape index (κ1) is 9.31. The second-order valence-corrected chi connectivity index (χ2v) is 2.88. The summed E-state index contributed by atoms with van der Waals surface area (Å²) in [6.45, 7) is 0. The van der Waals surface area contributed by atoms with E-state index in [4.69, 9.17) is 5.73 Å². The zero-order valence-corrected chi connectivity index (χ0v) is 7.28. The number of alkyl halides is 2. The molecular weight excluding hydrogens is 237 g/mol. The molecule has 0 aromatic carbocycles. The average Bonchev–Trinajstić information content (AvgIpc) is 1.82. The minimum atomic E-state index is -2.76. The van der Waals surface area contributed by atoms with Gasteiger partial charge in [0.05, 0.1) is 5.56 Å². The van der Waals surface area contributed by atoms with Gasteiger partial charge in [-0.2, -0.15) is 4.39 Å². The number of halogens is 4. The van der Waals surface area contributed by atoms with Gasteiger partial charge in [-0.05, 0) is 0 Å². The number of nitrogen functional groups attached to an aromatic ring is 1. The summed E-state index contributed by atoms with van der Waals surface area (Å²) in [5.74, 6) is -1.37. The van der Waals surface area contributed by atoms with E-state index >= 15 is 0 Å². The highest BCUT2D eigenvalue weighted by Gasteiger charge is 2.17. The average molecular weight is 241 g/mol. The van der Waals surface area contributed by atoms with Crippen molar-refractivity contribution in [3.63, 3.8) is 0 Å². The van der Waals surface area contributed by atoms with Crippen LogP contribution in [-0.4, -0.2) is 4.98 Å². The van der Waals surface area contributed by atoms with E-state index in [2.05, 4.69) is 20.9 Å². The van der Waals surface area contributed by atoms with E-state index < -0.39 is 23.8 Å². The maximum Gasteiger partial charge on any atom is 0.268 e. The molecule has 0 aliphatic heterocycles. The molecule has 0 spiro atoms. The van der Waals surface area contributed by atoms with Crippen molar-refractivity contribution in [1.29, 1.82) is 0 Å². The maximum absolute atomic E-state index is 12.4. The standard InChI is InChI=1S/C6H4BrF3N2/c7-2-1-3(8)12-6(11)4(2)5(9)10/h1,5H,(H2,11,12). The molecule has 1 aromatic rings. The molecule has 6 heteroatoms. The Morgan fingerprint density at radius 1 is 1.50 bits per heavy atom. The van der Waals surface area contributed by atoms with Crippen molar-refractivity contribution in [2.24, 2.45) is 0 Å². The molecule has 0 bridgehead atoms. The highest BCUT2D eigenvalue weighted by Crippen LogP contribution is 2.31. The van der Waals surface area contributed by atoms with Gasteiger partial charge in [-0.25, -0.2) is 13.8 Å². The Bertz CT molecular complexity index is 280. The van der Waals surface area contributed by atoms with Crippen LogP contribution in [0, 0.1) is 5.95 Å². The first-order valence-corrected chi connectivity index (χ1v) is 3.71. The van der Waals surface area contributed by atoms with Gasteiger partial charge in [-0.3, -0.25) is 0 Å². The van der Waals surface area contributed by atoms with Crippen molar-refractivity contribution in [3.8, 4) is 0 Å². The summed E-state index contributed by atoms with van der Waals surface area (Å²) in [6.07, 6.45) is -2.76. The van der Waals surface area contributed by atoms with Gasteiger partial charge in [-0.15, -0.1) is 0 Å². The molecule has 0 amide bonds. The number of pyridine rings is 1. The molecule has 1 heterocycles. The molecular formula is C6H4BrF3N2. The number of nitrogens with two attached hydrogens (primary N) is 1. The van der Waals surface area contributed by atoms with Gasteiger partial charge in [0.1, 0.15) is 5.82 Å². The van der Waals surface area contributed by atoms with Crippen LogP contribution in [-0.2, 0) is 0 Å². The second-order valence-electron chi connectivity index (χ2n) is 2.03. The van der Waals surface area contributed by atoms with Crippen LogP contribution in [0.4, 0.5) is 19.0 Å². The predicted octanol–water partition coefficient (Wildman–Crippen LogP) is 2.50. The van der Waals surface area contributed by atoms with E-state index in [-0.39, 0.29) is 4.47 Å². The minimum Gasteiger partial charge on any atom is -0.383 e. The van der Waals surface area contributed by atoms with Gasteiger partial charge in [0.25, 0.3) is 6.43 Å². The monoisotopic (exact) mass is 240 g/mol. The fraction of sp³-hybridized carbons (Fsp3) is 0.167. The van der Waals surface area contributed by atoms with Gasteiger partial charge in [-0.1, -0.05) is 15.9 Å². The largest absolute Gasteiger partial charge is 0.383 e. The normalized spacial score (nSPS) is 10.8. The van der Waals surface area contributed by atoms with Crippen molar-refractivity contribution in [2.45, 2.75) is 6.43 Å². The lowest BCUT2D eigenvalue weighted by molar-refractivity contribution is 0.151. The molecule has 12 heavy (non-hydrogen) atoms. The number of rotatable bonds is 1. The smallest absolute Gasteiger partial charge is 0.268 e. The van der Waals surface area contributed by atoms with Gasteiger partial charge < -0.3 is 5.73 Å². The quantitative estimate of drug-likeness (QED) is 0.767. The molecule has 0 saturated heterocycles. The lowest BCUT2D eigenvalue weighted by Gasteiger charge is -2.05. The van der Waals surface area contributed by atoms with Crippen molar-refractivity contribution < 1.29 is 13.2 Å². The van der Waals surface area contributed by atoms with E-state index in [1.807, 2.05) is 0 Å². The summed E-state index contributed by atoms with van der Waals surface area (Å²) < 4.78 is 36.6.